The van der Waals surface area contributed by atoms with Gasteiger partial charge in [-0.3, -0.25) is 4.57 Å². The molecule has 0 amide bonds. The van der Waals surface area contributed by atoms with Crippen LogP contribution in [0.1, 0.15) is 28.8 Å². The van der Waals surface area contributed by atoms with E-state index in [1.54, 1.807) is 25.3 Å². The topological polar surface area (TPSA) is 57.0 Å². The molecule has 2 heterocycles. The Bertz CT molecular complexity index is 575. The molecule has 0 bridgehead atoms. The lowest BCUT2D eigenvalue weighted by atomic mass is 10.2. The summed E-state index contributed by atoms with van der Waals surface area (Å²) in [5, 5.41) is 0. The van der Waals surface area contributed by atoms with Crippen LogP contribution in [0.25, 0.3) is 5.82 Å². The molecule has 2 aromatic rings. The van der Waals surface area contributed by atoms with Crippen molar-refractivity contribution in [3.63, 3.8) is 0 Å². The van der Waals surface area contributed by atoms with Gasteiger partial charge >= 0.3 is 5.97 Å². The molecule has 0 saturated heterocycles. The third-order valence-electron chi connectivity index (χ3n) is 2.76. The number of nitrogens with zero attached hydrogens (tertiary/aromatic N) is 3. The van der Waals surface area contributed by atoms with Gasteiger partial charge in [-0.05, 0) is 19.1 Å². The number of esters is 1. The largest absolute Gasteiger partial charge is 0.465 e. The lowest BCUT2D eigenvalue weighted by molar-refractivity contribution is 0.0599. The summed E-state index contributed by atoms with van der Waals surface area (Å²) in [6, 6.07) is 3.52. The fourth-order valence-corrected chi connectivity index (χ4v) is 1.81. The highest BCUT2D eigenvalue weighted by Crippen LogP contribution is 2.13. The lowest BCUT2D eigenvalue weighted by Crippen LogP contribution is -2.08. The average molecular weight is 245 g/mol. The first-order chi connectivity index (χ1) is 8.67. The van der Waals surface area contributed by atoms with E-state index in [0.29, 0.717) is 11.3 Å². The molecule has 94 valence electrons. The standard InChI is InChI=1S/C13H15N3O2/c1-4-11-14-7-8-16(11)12-6-5-10(9(2)15-12)13(17)18-3/h5-8H,4H2,1-3H3. The van der Waals surface area contributed by atoms with Crippen LogP contribution in [-0.2, 0) is 11.2 Å². The Morgan fingerprint density at radius 1 is 1.44 bits per heavy atom. The molecule has 0 atom stereocenters. The van der Waals surface area contributed by atoms with Crippen molar-refractivity contribution in [2.24, 2.45) is 0 Å². The Labute approximate surface area is 105 Å². The van der Waals surface area contributed by atoms with Gasteiger partial charge in [0.1, 0.15) is 11.6 Å². The van der Waals surface area contributed by atoms with E-state index >= 15 is 0 Å². The van der Waals surface area contributed by atoms with Gasteiger partial charge in [0, 0.05) is 18.8 Å². The first-order valence-electron chi connectivity index (χ1n) is 5.76. The second kappa shape index (κ2) is 5.00. The third-order valence-corrected chi connectivity index (χ3v) is 2.76. The first-order valence-corrected chi connectivity index (χ1v) is 5.76. The first kappa shape index (κ1) is 12.3. The van der Waals surface area contributed by atoms with Gasteiger partial charge in [0.25, 0.3) is 0 Å². The van der Waals surface area contributed by atoms with Gasteiger partial charge in [-0.25, -0.2) is 14.8 Å². The van der Waals surface area contributed by atoms with Gasteiger partial charge < -0.3 is 4.74 Å². The zero-order valence-electron chi connectivity index (χ0n) is 10.7. The van der Waals surface area contributed by atoms with Crippen LogP contribution in [0.15, 0.2) is 24.5 Å². The molecular formula is C13H15N3O2. The Hall–Kier alpha value is -2.17. The highest BCUT2D eigenvalue weighted by molar-refractivity contribution is 5.90. The van der Waals surface area contributed by atoms with E-state index in [1.807, 2.05) is 17.7 Å². The summed E-state index contributed by atoms with van der Waals surface area (Å²) in [4.78, 5) is 20.1. The Morgan fingerprint density at radius 2 is 2.22 bits per heavy atom. The minimum atomic E-state index is -0.368. The van der Waals surface area contributed by atoms with Gasteiger partial charge in [-0.2, -0.15) is 0 Å². The number of carbonyl (C=O) groups is 1. The van der Waals surface area contributed by atoms with Crippen molar-refractivity contribution in [2.75, 3.05) is 7.11 Å². The van der Waals surface area contributed by atoms with Crippen molar-refractivity contribution in [3.05, 3.63) is 41.6 Å². The molecule has 0 aliphatic carbocycles. The smallest absolute Gasteiger partial charge is 0.339 e. The minimum absolute atomic E-state index is 0.368. The molecule has 0 saturated carbocycles. The van der Waals surface area contributed by atoms with Crippen molar-refractivity contribution < 1.29 is 9.53 Å². The number of imidazole rings is 1. The molecule has 2 rings (SSSR count). The minimum Gasteiger partial charge on any atom is -0.465 e. The number of carbonyl (C=O) groups excluding carboxylic acids is 1. The van der Waals surface area contributed by atoms with Crippen LogP contribution in [0.4, 0.5) is 0 Å². The van der Waals surface area contributed by atoms with Crippen LogP contribution in [-0.4, -0.2) is 27.6 Å². The highest BCUT2D eigenvalue weighted by Gasteiger charge is 2.12. The molecule has 0 spiro atoms. The van der Waals surface area contributed by atoms with Gasteiger partial charge in [0.05, 0.1) is 18.4 Å². The number of aryl methyl sites for hydroxylation is 2. The van der Waals surface area contributed by atoms with Crippen LogP contribution in [0.5, 0.6) is 0 Å². The molecule has 5 heteroatoms. The van der Waals surface area contributed by atoms with Crippen molar-refractivity contribution in [1.29, 1.82) is 0 Å². The Morgan fingerprint density at radius 3 is 2.83 bits per heavy atom. The van der Waals surface area contributed by atoms with E-state index in [4.69, 9.17) is 4.74 Å². The van der Waals surface area contributed by atoms with Gasteiger partial charge in [0.2, 0.25) is 0 Å². The van der Waals surface area contributed by atoms with Crippen LogP contribution < -0.4 is 0 Å². The highest BCUT2D eigenvalue weighted by atomic mass is 16.5. The van der Waals surface area contributed by atoms with Crippen LogP contribution in [0.2, 0.25) is 0 Å². The van der Waals surface area contributed by atoms with Crippen molar-refractivity contribution >= 4 is 5.97 Å². The number of pyridine rings is 1. The summed E-state index contributed by atoms with van der Waals surface area (Å²) in [6.45, 7) is 3.83. The molecule has 0 aliphatic rings. The summed E-state index contributed by atoms with van der Waals surface area (Å²) < 4.78 is 6.61. The summed E-state index contributed by atoms with van der Waals surface area (Å²) >= 11 is 0. The van der Waals surface area contributed by atoms with Gasteiger partial charge in [0.15, 0.2) is 0 Å². The molecule has 0 radical (unpaired) electrons. The average Bonchev–Trinajstić information content (AvgIpc) is 2.86. The summed E-state index contributed by atoms with van der Waals surface area (Å²) in [5.41, 5.74) is 1.13. The van der Waals surface area contributed by atoms with Crippen molar-refractivity contribution in [1.82, 2.24) is 14.5 Å². The van der Waals surface area contributed by atoms with Crippen LogP contribution in [0.3, 0.4) is 0 Å². The van der Waals surface area contributed by atoms with E-state index in [9.17, 15) is 4.79 Å². The monoisotopic (exact) mass is 245 g/mol. The fraction of sp³-hybridized carbons (Fsp3) is 0.308. The number of aromatic nitrogens is 3. The summed E-state index contributed by atoms with van der Waals surface area (Å²) in [5.74, 6) is 1.33. The predicted molar refractivity (Wildman–Crippen MR) is 66.8 cm³/mol. The Balaban J connectivity index is 2.43. The SMILES string of the molecule is CCc1nccn1-c1ccc(C(=O)OC)c(C)n1. The van der Waals surface area contributed by atoms with Gasteiger partial charge in [-0.15, -0.1) is 0 Å². The van der Waals surface area contributed by atoms with E-state index < -0.39 is 0 Å². The fourth-order valence-electron chi connectivity index (χ4n) is 1.81. The maximum atomic E-state index is 11.5. The molecule has 0 unspecified atom stereocenters. The normalized spacial score (nSPS) is 10.4. The molecule has 0 aliphatic heterocycles. The van der Waals surface area contributed by atoms with Crippen molar-refractivity contribution in [2.45, 2.75) is 20.3 Å². The van der Waals surface area contributed by atoms with E-state index in [-0.39, 0.29) is 5.97 Å². The predicted octanol–water partition coefficient (Wildman–Crippen LogP) is 1.92. The third kappa shape index (κ3) is 2.11. The lowest BCUT2D eigenvalue weighted by Gasteiger charge is -2.08. The van der Waals surface area contributed by atoms with E-state index in [0.717, 1.165) is 18.1 Å². The molecule has 0 aromatic carbocycles. The molecular weight excluding hydrogens is 230 g/mol. The second-order valence-electron chi connectivity index (χ2n) is 3.86. The Kier molecular flexibility index (Phi) is 3.41. The second-order valence-corrected chi connectivity index (χ2v) is 3.86. The number of hydrogen-bond acceptors (Lipinski definition) is 4. The number of hydrogen-bond donors (Lipinski definition) is 0. The number of ether oxygens (including phenoxy) is 1. The van der Waals surface area contributed by atoms with Crippen LogP contribution >= 0.6 is 0 Å². The van der Waals surface area contributed by atoms with E-state index in [1.165, 1.54) is 7.11 Å². The maximum Gasteiger partial charge on any atom is 0.339 e. The van der Waals surface area contributed by atoms with Gasteiger partial charge in [-0.1, -0.05) is 6.92 Å². The summed E-state index contributed by atoms with van der Waals surface area (Å²) in [7, 11) is 1.36. The maximum absolute atomic E-state index is 11.5. The molecule has 0 N–H and O–H groups in total. The number of rotatable bonds is 3. The van der Waals surface area contributed by atoms with Crippen LogP contribution in [0, 0.1) is 6.92 Å². The molecule has 2 aromatic heterocycles. The van der Waals surface area contributed by atoms with E-state index in [2.05, 4.69) is 9.97 Å². The summed E-state index contributed by atoms with van der Waals surface area (Å²) in [6.07, 6.45) is 4.43. The number of methoxy groups -OCH3 is 1. The van der Waals surface area contributed by atoms with Crippen molar-refractivity contribution in [3.8, 4) is 5.82 Å². The molecule has 18 heavy (non-hydrogen) atoms. The molecule has 5 nitrogen and oxygen atoms in total. The quantitative estimate of drug-likeness (QED) is 0.775. The zero-order chi connectivity index (χ0) is 13.1. The zero-order valence-corrected chi connectivity index (χ0v) is 10.7. The molecule has 0 fully saturated rings.